The van der Waals surface area contributed by atoms with Crippen LogP contribution in [-0.4, -0.2) is 17.4 Å². The molecule has 0 radical (unpaired) electrons. The fraction of sp³-hybridized carbons (Fsp3) is 0.143. The first-order chi connectivity index (χ1) is 12.2. The third-order valence-electron chi connectivity index (χ3n) is 4.71. The second kappa shape index (κ2) is 6.40. The zero-order chi connectivity index (χ0) is 17.2. The Morgan fingerprint density at radius 3 is 2.52 bits per heavy atom. The molecule has 0 saturated heterocycles. The van der Waals surface area contributed by atoms with Gasteiger partial charge in [0.05, 0.1) is 0 Å². The van der Waals surface area contributed by atoms with Crippen LogP contribution >= 0.6 is 0 Å². The zero-order valence-corrected chi connectivity index (χ0v) is 13.7. The Morgan fingerprint density at radius 1 is 1.00 bits per heavy atom. The molecule has 3 aromatic rings. The van der Waals surface area contributed by atoms with Gasteiger partial charge in [0.15, 0.2) is 0 Å². The number of hydrogen-bond acceptors (Lipinski definition) is 2. The number of carbonyl (C=O) groups excluding carboxylic acids is 1. The van der Waals surface area contributed by atoms with Gasteiger partial charge in [-0.2, -0.15) is 0 Å². The van der Waals surface area contributed by atoms with Crippen LogP contribution in [0.25, 0.3) is 11.3 Å². The van der Waals surface area contributed by atoms with Crippen LogP contribution in [0, 0.1) is 0 Å². The summed E-state index contributed by atoms with van der Waals surface area (Å²) in [6.45, 7) is 0.551. The van der Waals surface area contributed by atoms with Gasteiger partial charge in [-0.1, -0.05) is 54.6 Å². The van der Waals surface area contributed by atoms with Gasteiger partial charge in [0.1, 0.15) is 5.56 Å². The third kappa shape index (κ3) is 2.98. The van der Waals surface area contributed by atoms with Gasteiger partial charge in [0.2, 0.25) is 0 Å². The Balaban J connectivity index is 1.45. The first kappa shape index (κ1) is 15.4. The molecule has 1 heterocycles. The molecule has 0 spiro atoms. The van der Waals surface area contributed by atoms with E-state index in [0.29, 0.717) is 18.2 Å². The van der Waals surface area contributed by atoms with E-state index in [1.54, 1.807) is 12.1 Å². The van der Waals surface area contributed by atoms with E-state index >= 15 is 0 Å². The Labute approximate surface area is 145 Å². The molecule has 1 aliphatic rings. The Morgan fingerprint density at radius 2 is 1.76 bits per heavy atom. The van der Waals surface area contributed by atoms with Crippen LogP contribution in [-0.2, 0) is 6.42 Å². The van der Waals surface area contributed by atoms with E-state index < -0.39 is 0 Å². The average molecular weight is 330 g/mol. The maximum absolute atomic E-state index is 12.3. The number of carbonyl (C=O) groups is 1. The van der Waals surface area contributed by atoms with Crippen LogP contribution in [0.3, 0.4) is 0 Å². The molecule has 4 nitrogen and oxygen atoms in total. The molecule has 2 N–H and O–H groups in total. The highest BCUT2D eigenvalue weighted by Crippen LogP contribution is 2.33. The summed E-state index contributed by atoms with van der Waals surface area (Å²) in [7, 11) is 0. The van der Waals surface area contributed by atoms with Crippen molar-refractivity contribution in [2.24, 2.45) is 0 Å². The number of hydrogen-bond donors (Lipinski definition) is 2. The van der Waals surface area contributed by atoms with E-state index in [-0.39, 0.29) is 17.0 Å². The van der Waals surface area contributed by atoms with E-state index in [2.05, 4.69) is 22.4 Å². The molecule has 4 heteroatoms. The van der Waals surface area contributed by atoms with Crippen molar-refractivity contribution in [3.8, 4) is 11.3 Å². The highest BCUT2D eigenvalue weighted by atomic mass is 16.2. The second-order valence-corrected chi connectivity index (χ2v) is 6.29. The highest BCUT2D eigenvalue weighted by Gasteiger charge is 2.25. The molecule has 0 saturated carbocycles. The first-order valence-corrected chi connectivity index (χ1v) is 8.37. The van der Waals surface area contributed by atoms with E-state index in [1.807, 2.05) is 42.5 Å². The van der Waals surface area contributed by atoms with Crippen molar-refractivity contribution in [2.75, 3.05) is 6.54 Å². The van der Waals surface area contributed by atoms with Crippen LogP contribution < -0.4 is 10.9 Å². The number of H-pyrrole nitrogens is 1. The summed E-state index contributed by atoms with van der Waals surface area (Å²) >= 11 is 0. The minimum absolute atomic E-state index is 0.146. The second-order valence-electron chi connectivity index (χ2n) is 6.29. The van der Waals surface area contributed by atoms with Gasteiger partial charge in [-0.05, 0) is 35.2 Å². The molecular formula is C21H18N2O2. The number of nitrogens with one attached hydrogen (secondary N) is 2. The maximum Gasteiger partial charge on any atom is 0.261 e. The standard InChI is InChI=1S/C21H18N2O2/c24-20(22-13-16-12-15-8-4-5-9-17(15)16)18-10-11-19(23-21(18)25)14-6-2-1-3-7-14/h1-11,16H,12-13H2,(H,22,24)(H,23,25)/t16-/m0/s1. The predicted octanol–water partition coefficient (Wildman–Crippen LogP) is 3.11. The van der Waals surface area contributed by atoms with Crippen molar-refractivity contribution in [1.82, 2.24) is 10.3 Å². The fourth-order valence-corrected chi connectivity index (χ4v) is 3.29. The lowest BCUT2D eigenvalue weighted by atomic mass is 9.77. The lowest BCUT2D eigenvalue weighted by Gasteiger charge is -2.30. The topological polar surface area (TPSA) is 62.0 Å². The van der Waals surface area contributed by atoms with Crippen LogP contribution in [0.4, 0.5) is 0 Å². The van der Waals surface area contributed by atoms with Crippen molar-refractivity contribution in [2.45, 2.75) is 12.3 Å². The smallest absolute Gasteiger partial charge is 0.261 e. The molecule has 0 bridgehead atoms. The molecule has 124 valence electrons. The quantitative estimate of drug-likeness (QED) is 0.772. The molecule has 1 atom stereocenters. The van der Waals surface area contributed by atoms with E-state index in [0.717, 1.165) is 12.0 Å². The normalized spacial score (nSPS) is 15.1. The minimum atomic E-state index is -0.368. The molecule has 0 fully saturated rings. The van der Waals surface area contributed by atoms with Crippen molar-refractivity contribution in [3.05, 3.63) is 93.8 Å². The van der Waals surface area contributed by atoms with Gasteiger partial charge in [-0.15, -0.1) is 0 Å². The number of pyridine rings is 1. The number of aromatic nitrogens is 1. The van der Waals surface area contributed by atoms with E-state index in [9.17, 15) is 9.59 Å². The Bertz CT molecular complexity index is 976. The maximum atomic E-state index is 12.3. The van der Waals surface area contributed by atoms with Gasteiger partial charge >= 0.3 is 0 Å². The fourth-order valence-electron chi connectivity index (χ4n) is 3.29. The Kier molecular flexibility index (Phi) is 3.94. The van der Waals surface area contributed by atoms with Gasteiger partial charge < -0.3 is 10.3 Å². The van der Waals surface area contributed by atoms with Crippen LogP contribution in [0.2, 0.25) is 0 Å². The monoisotopic (exact) mass is 330 g/mol. The first-order valence-electron chi connectivity index (χ1n) is 8.37. The molecule has 1 amide bonds. The molecule has 1 aromatic heterocycles. The van der Waals surface area contributed by atoms with Crippen LogP contribution in [0.5, 0.6) is 0 Å². The summed E-state index contributed by atoms with van der Waals surface area (Å²) < 4.78 is 0. The molecule has 25 heavy (non-hydrogen) atoms. The Hall–Kier alpha value is -3.14. The molecule has 4 rings (SSSR count). The highest BCUT2D eigenvalue weighted by molar-refractivity contribution is 5.94. The lowest BCUT2D eigenvalue weighted by molar-refractivity contribution is 0.0948. The van der Waals surface area contributed by atoms with E-state index in [4.69, 9.17) is 0 Å². The molecule has 1 aliphatic carbocycles. The van der Waals surface area contributed by atoms with Gasteiger partial charge in [-0.3, -0.25) is 9.59 Å². The number of aromatic amines is 1. The van der Waals surface area contributed by atoms with Crippen LogP contribution in [0.1, 0.15) is 27.4 Å². The summed E-state index contributed by atoms with van der Waals surface area (Å²) in [5.74, 6) is 0.00747. The summed E-state index contributed by atoms with van der Waals surface area (Å²) in [6, 6.07) is 21.2. The summed E-state index contributed by atoms with van der Waals surface area (Å²) in [4.78, 5) is 27.4. The van der Waals surface area contributed by atoms with Crippen molar-refractivity contribution in [1.29, 1.82) is 0 Å². The lowest BCUT2D eigenvalue weighted by Crippen LogP contribution is -2.35. The van der Waals surface area contributed by atoms with Crippen molar-refractivity contribution in [3.63, 3.8) is 0 Å². The van der Waals surface area contributed by atoms with Crippen LogP contribution in [0.15, 0.2) is 71.5 Å². The number of rotatable bonds is 4. The summed E-state index contributed by atoms with van der Waals surface area (Å²) in [5.41, 5.74) is 4.02. The summed E-state index contributed by atoms with van der Waals surface area (Å²) in [6.07, 6.45) is 0.972. The van der Waals surface area contributed by atoms with Gasteiger partial charge in [0, 0.05) is 18.2 Å². The third-order valence-corrected chi connectivity index (χ3v) is 4.71. The molecule has 2 aromatic carbocycles. The molecular weight excluding hydrogens is 312 g/mol. The average Bonchev–Trinajstić information content (AvgIpc) is 2.63. The van der Waals surface area contributed by atoms with E-state index in [1.165, 1.54) is 11.1 Å². The van der Waals surface area contributed by atoms with Gasteiger partial charge in [-0.25, -0.2) is 0 Å². The van der Waals surface area contributed by atoms with Gasteiger partial charge in [0.25, 0.3) is 11.5 Å². The van der Waals surface area contributed by atoms with Crippen molar-refractivity contribution >= 4 is 5.91 Å². The predicted molar refractivity (Wildman–Crippen MR) is 97.7 cm³/mol. The number of amides is 1. The number of fused-ring (bicyclic) bond motifs is 1. The summed E-state index contributed by atoms with van der Waals surface area (Å²) in [5, 5.41) is 2.88. The minimum Gasteiger partial charge on any atom is -0.351 e. The van der Waals surface area contributed by atoms with Crippen molar-refractivity contribution < 1.29 is 4.79 Å². The molecule has 0 unspecified atom stereocenters. The number of benzene rings is 2. The SMILES string of the molecule is O=C(NC[C@@H]1Cc2ccccc21)c1ccc(-c2ccccc2)[nH]c1=O. The zero-order valence-electron chi connectivity index (χ0n) is 13.7. The largest absolute Gasteiger partial charge is 0.351 e. The molecule has 0 aliphatic heterocycles.